The maximum Gasteiger partial charge on any atom is 0.255 e. The molecule has 3 rings (SSSR count). The van der Waals surface area contributed by atoms with Crippen molar-refractivity contribution in [2.45, 2.75) is 19.9 Å². The van der Waals surface area contributed by atoms with Crippen molar-refractivity contribution in [3.05, 3.63) is 90.0 Å². The summed E-state index contributed by atoms with van der Waals surface area (Å²) in [6, 6.07) is 22.8. The zero-order valence-corrected chi connectivity index (χ0v) is 18.0. The molecule has 0 aromatic heterocycles. The summed E-state index contributed by atoms with van der Waals surface area (Å²) >= 11 is 0. The zero-order chi connectivity index (χ0) is 22.9. The van der Waals surface area contributed by atoms with Crippen molar-refractivity contribution in [2.24, 2.45) is 0 Å². The molecule has 0 saturated heterocycles. The fourth-order valence-corrected chi connectivity index (χ4v) is 2.94. The van der Waals surface area contributed by atoms with Gasteiger partial charge >= 0.3 is 0 Å². The van der Waals surface area contributed by atoms with Crippen LogP contribution in [-0.4, -0.2) is 30.3 Å². The number of carbonyl (C=O) groups excluding carboxylic acids is 3. The standard InChI is InChI=1S/C25H26N4O3/c1-17(2)27-24(31)19-11-13-20(14-12-19)26-16-23(30)28-21-9-6-10-22(15-21)29-25(32)18-7-4-3-5-8-18/h3-15,17,26H,16H2,1-2H3,(H,27,31)(H,28,30)(H,29,32). The van der Waals surface area contributed by atoms with Crippen LogP contribution in [0.2, 0.25) is 0 Å². The van der Waals surface area contributed by atoms with E-state index >= 15 is 0 Å². The van der Waals surface area contributed by atoms with Crippen molar-refractivity contribution in [1.29, 1.82) is 0 Å². The maximum atomic E-state index is 12.3. The van der Waals surface area contributed by atoms with Gasteiger partial charge in [-0.3, -0.25) is 14.4 Å². The van der Waals surface area contributed by atoms with Gasteiger partial charge in [0.25, 0.3) is 11.8 Å². The molecule has 0 unspecified atom stereocenters. The molecule has 0 aliphatic carbocycles. The van der Waals surface area contributed by atoms with Crippen LogP contribution in [0.5, 0.6) is 0 Å². The summed E-state index contributed by atoms with van der Waals surface area (Å²) in [5.74, 6) is -0.594. The Labute approximate surface area is 187 Å². The van der Waals surface area contributed by atoms with Gasteiger partial charge in [-0.2, -0.15) is 0 Å². The molecule has 0 spiro atoms. The number of rotatable bonds is 8. The van der Waals surface area contributed by atoms with Crippen LogP contribution < -0.4 is 21.3 Å². The van der Waals surface area contributed by atoms with E-state index < -0.39 is 0 Å². The predicted molar refractivity (Wildman–Crippen MR) is 127 cm³/mol. The Kier molecular flexibility index (Phi) is 7.59. The van der Waals surface area contributed by atoms with Crippen molar-refractivity contribution < 1.29 is 14.4 Å². The van der Waals surface area contributed by atoms with Gasteiger partial charge in [-0.25, -0.2) is 0 Å². The minimum atomic E-state index is -0.238. The minimum Gasteiger partial charge on any atom is -0.376 e. The summed E-state index contributed by atoms with van der Waals surface area (Å²) < 4.78 is 0. The van der Waals surface area contributed by atoms with Crippen molar-refractivity contribution in [1.82, 2.24) is 5.32 Å². The summed E-state index contributed by atoms with van der Waals surface area (Å²) in [5.41, 5.74) is 3.00. The van der Waals surface area contributed by atoms with Gasteiger partial charge in [-0.1, -0.05) is 24.3 Å². The van der Waals surface area contributed by atoms with Crippen LogP contribution in [0.25, 0.3) is 0 Å². The molecule has 0 radical (unpaired) electrons. The van der Waals surface area contributed by atoms with Crippen LogP contribution in [0.1, 0.15) is 34.6 Å². The summed E-state index contributed by atoms with van der Waals surface area (Å²) in [6.45, 7) is 3.86. The van der Waals surface area contributed by atoms with Gasteiger partial charge in [0.1, 0.15) is 0 Å². The second kappa shape index (κ2) is 10.8. The first-order valence-corrected chi connectivity index (χ1v) is 10.3. The lowest BCUT2D eigenvalue weighted by atomic mass is 10.2. The number of anilines is 3. The first-order valence-electron chi connectivity index (χ1n) is 10.3. The van der Waals surface area contributed by atoms with E-state index in [1.807, 2.05) is 19.9 Å². The highest BCUT2D eigenvalue weighted by molar-refractivity contribution is 6.04. The lowest BCUT2D eigenvalue weighted by molar-refractivity contribution is -0.114. The summed E-state index contributed by atoms with van der Waals surface area (Å²) in [4.78, 5) is 36.6. The molecular weight excluding hydrogens is 404 g/mol. The van der Waals surface area contributed by atoms with Crippen molar-refractivity contribution >= 4 is 34.8 Å². The Hall–Kier alpha value is -4.13. The monoisotopic (exact) mass is 430 g/mol. The molecule has 0 heterocycles. The van der Waals surface area contributed by atoms with Crippen LogP contribution in [0, 0.1) is 0 Å². The number of nitrogens with one attached hydrogen (secondary N) is 4. The molecule has 0 atom stereocenters. The Morgan fingerprint density at radius 1 is 0.688 bits per heavy atom. The molecule has 0 aliphatic rings. The quantitative estimate of drug-likeness (QED) is 0.432. The summed E-state index contributed by atoms with van der Waals surface area (Å²) in [5, 5.41) is 11.5. The van der Waals surface area contributed by atoms with E-state index in [9.17, 15) is 14.4 Å². The van der Waals surface area contributed by atoms with Gasteiger partial charge in [0.15, 0.2) is 0 Å². The number of carbonyl (C=O) groups is 3. The van der Waals surface area contributed by atoms with Crippen LogP contribution in [-0.2, 0) is 4.79 Å². The molecule has 3 aromatic rings. The van der Waals surface area contributed by atoms with Crippen LogP contribution >= 0.6 is 0 Å². The second-order valence-corrected chi connectivity index (χ2v) is 7.51. The number of hydrogen-bond donors (Lipinski definition) is 4. The summed E-state index contributed by atoms with van der Waals surface area (Å²) in [6.07, 6.45) is 0. The molecule has 0 aliphatic heterocycles. The lowest BCUT2D eigenvalue weighted by Gasteiger charge is -2.11. The first-order chi connectivity index (χ1) is 15.4. The van der Waals surface area contributed by atoms with Gasteiger partial charge in [0.05, 0.1) is 6.54 Å². The Bertz CT molecular complexity index is 1080. The maximum absolute atomic E-state index is 12.3. The fraction of sp³-hybridized carbons (Fsp3) is 0.160. The average molecular weight is 431 g/mol. The van der Waals surface area contributed by atoms with Gasteiger partial charge < -0.3 is 21.3 Å². The molecule has 0 fully saturated rings. The van der Waals surface area contributed by atoms with Crippen LogP contribution in [0.3, 0.4) is 0 Å². The van der Waals surface area contributed by atoms with E-state index in [0.717, 1.165) is 5.69 Å². The molecule has 0 saturated carbocycles. The first kappa shape index (κ1) is 22.6. The molecule has 164 valence electrons. The number of hydrogen-bond acceptors (Lipinski definition) is 4. The van der Waals surface area contributed by atoms with Gasteiger partial charge in [0, 0.05) is 34.2 Å². The largest absolute Gasteiger partial charge is 0.376 e. The highest BCUT2D eigenvalue weighted by Gasteiger charge is 2.09. The van der Waals surface area contributed by atoms with Gasteiger partial charge in [0.2, 0.25) is 5.91 Å². The second-order valence-electron chi connectivity index (χ2n) is 7.51. The Morgan fingerprint density at radius 3 is 1.97 bits per heavy atom. The molecule has 0 bridgehead atoms. The third-order valence-electron chi connectivity index (χ3n) is 4.46. The molecule has 32 heavy (non-hydrogen) atoms. The predicted octanol–water partition coefficient (Wildman–Crippen LogP) is 4.13. The van der Waals surface area contributed by atoms with E-state index in [4.69, 9.17) is 0 Å². The lowest BCUT2D eigenvalue weighted by Crippen LogP contribution is -2.30. The van der Waals surface area contributed by atoms with Crippen LogP contribution in [0.4, 0.5) is 17.1 Å². The van der Waals surface area contributed by atoms with Crippen molar-refractivity contribution in [2.75, 3.05) is 22.5 Å². The average Bonchev–Trinajstić information content (AvgIpc) is 2.78. The summed E-state index contributed by atoms with van der Waals surface area (Å²) in [7, 11) is 0. The number of benzene rings is 3. The topological polar surface area (TPSA) is 99.3 Å². The molecule has 7 nitrogen and oxygen atoms in total. The normalized spacial score (nSPS) is 10.3. The van der Waals surface area contributed by atoms with Crippen LogP contribution in [0.15, 0.2) is 78.9 Å². The molecular formula is C25H26N4O3. The smallest absolute Gasteiger partial charge is 0.255 e. The molecule has 3 aromatic carbocycles. The minimum absolute atomic E-state index is 0.0537. The van der Waals surface area contributed by atoms with Gasteiger partial charge in [-0.05, 0) is 68.4 Å². The van der Waals surface area contributed by atoms with E-state index in [2.05, 4.69) is 21.3 Å². The highest BCUT2D eigenvalue weighted by atomic mass is 16.2. The third-order valence-corrected chi connectivity index (χ3v) is 4.46. The third kappa shape index (κ3) is 6.70. The van der Waals surface area contributed by atoms with E-state index in [0.29, 0.717) is 22.5 Å². The zero-order valence-electron chi connectivity index (χ0n) is 18.0. The molecule has 4 N–H and O–H groups in total. The van der Waals surface area contributed by atoms with Gasteiger partial charge in [-0.15, -0.1) is 0 Å². The Balaban J connectivity index is 1.51. The SMILES string of the molecule is CC(C)NC(=O)c1ccc(NCC(=O)Nc2cccc(NC(=O)c3ccccc3)c2)cc1. The van der Waals surface area contributed by atoms with E-state index in [1.165, 1.54) is 0 Å². The number of amides is 3. The van der Waals surface area contributed by atoms with E-state index in [-0.39, 0.29) is 30.3 Å². The highest BCUT2D eigenvalue weighted by Crippen LogP contribution is 2.16. The van der Waals surface area contributed by atoms with Crippen molar-refractivity contribution in [3.8, 4) is 0 Å². The van der Waals surface area contributed by atoms with E-state index in [1.54, 1.807) is 72.8 Å². The molecule has 7 heteroatoms. The van der Waals surface area contributed by atoms with Crippen molar-refractivity contribution in [3.63, 3.8) is 0 Å². The Morgan fingerprint density at radius 2 is 1.31 bits per heavy atom. The molecule has 3 amide bonds. The fourth-order valence-electron chi connectivity index (χ4n) is 2.94.